The Morgan fingerprint density at radius 3 is 2.35 bits per heavy atom. The van der Waals surface area contributed by atoms with E-state index in [0.717, 1.165) is 5.56 Å². The van der Waals surface area contributed by atoms with Gasteiger partial charge in [0, 0.05) is 5.69 Å². The van der Waals surface area contributed by atoms with Gasteiger partial charge in [-0.05, 0) is 37.5 Å². The number of anilines is 1. The van der Waals surface area contributed by atoms with E-state index in [0.29, 0.717) is 16.8 Å². The summed E-state index contributed by atoms with van der Waals surface area (Å²) in [6.07, 6.45) is 0. The monoisotopic (exact) mass is 308 g/mol. The molecule has 5 nitrogen and oxygen atoms in total. The quantitative estimate of drug-likeness (QED) is 0.710. The van der Waals surface area contributed by atoms with Crippen LogP contribution in [-0.2, 0) is 10.0 Å². The van der Waals surface area contributed by atoms with Crippen LogP contribution in [0.4, 0.5) is 14.5 Å². The third-order valence-electron chi connectivity index (χ3n) is 2.98. The molecule has 0 saturated heterocycles. The van der Waals surface area contributed by atoms with Crippen molar-refractivity contribution in [3.8, 4) is 0 Å². The Morgan fingerprint density at radius 1 is 1.30 bits per heavy atom. The van der Waals surface area contributed by atoms with E-state index in [2.05, 4.69) is 0 Å². The molecule has 0 bridgehead atoms. The number of sulfonamides is 1. The van der Waals surface area contributed by atoms with Crippen molar-refractivity contribution >= 4 is 15.7 Å². The van der Waals surface area contributed by atoms with Crippen LogP contribution in [0.5, 0.6) is 0 Å². The maximum Gasteiger partial charge on any atom is 0.283 e. The zero-order chi connectivity index (χ0) is 15.7. The molecule has 0 heterocycles. The number of halogens is 2. The Hall–Kier alpha value is -1.25. The van der Waals surface area contributed by atoms with Crippen molar-refractivity contribution in [3.63, 3.8) is 0 Å². The van der Waals surface area contributed by atoms with Crippen LogP contribution in [0.1, 0.15) is 16.7 Å². The highest BCUT2D eigenvalue weighted by Gasteiger charge is 2.31. The number of hydrogen-bond acceptors (Lipinski definition) is 4. The number of rotatable bonds is 5. The lowest BCUT2D eigenvalue weighted by atomic mass is 10.1. The van der Waals surface area contributed by atoms with Gasteiger partial charge in [-0.25, -0.2) is 21.9 Å². The molecule has 0 unspecified atom stereocenters. The van der Waals surface area contributed by atoms with Crippen LogP contribution in [-0.4, -0.2) is 32.6 Å². The number of aliphatic hydroxyl groups excluding tert-OH is 1. The van der Waals surface area contributed by atoms with Crippen molar-refractivity contribution in [2.24, 2.45) is 0 Å². The first kappa shape index (κ1) is 16.8. The lowest BCUT2D eigenvalue weighted by molar-refractivity contribution is -0.0437. The number of nitrogen functional groups attached to an aromatic ring is 1. The molecule has 1 rings (SSSR count). The van der Waals surface area contributed by atoms with Gasteiger partial charge in [0.2, 0.25) is 10.0 Å². The van der Waals surface area contributed by atoms with E-state index in [1.807, 2.05) is 0 Å². The standard InChI is InChI=1S/C12H18F2N2O3S/c1-7-4-8(2)11(9(3)10(7)15)20(18,19)16-5-12(13,14)6-17/h4,16-17H,5-6,15H2,1-3H3. The molecule has 0 aliphatic heterocycles. The van der Waals surface area contributed by atoms with Gasteiger partial charge >= 0.3 is 0 Å². The number of aliphatic hydroxyl groups is 1. The fraction of sp³-hybridized carbons (Fsp3) is 0.500. The Balaban J connectivity index is 3.21. The summed E-state index contributed by atoms with van der Waals surface area (Å²) in [4.78, 5) is -0.102. The molecule has 8 heteroatoms. The third kappa shape index (κ3) is 3.44. The normalized spacial score (nSPS) is 12.7. The molecule has 0 saturated carbocycles. The third-order valence-corrected chi connectivity index (χ3v) is 4.67. The fourth-order valence-electron chi connectivity index (χ4n) is 1.92. The van der Waals surface area contributed by atoms with Crippen LogP contribution in [0.3, 0.4) is 0 Å². The number of nitrogens with two attached hydrogens (primary N) is 1. The second kappa shape index (κ2) is 5.63. The zero-order valence-corrected chi connectivity index (χ0v) is 12.3. The number of aryl methyl sites for hydroxylation is 2. The molecular weight excluding hydrogens is 290 g/mol. The Kier molecular flexibility index (Phi) is 4.73. The average Bonchev–Trinajstić information content (AvgIpc) is 2.34. The van der Waals surface area contributed by atoms with Gasteiger partial charge in [-0.2, -0.15) is 0 Å². The lowest BCUT2D eigenvalue weighted by Gasteiger charge is -2.18. The van der Waals surface area contributed by atoms with E-state index in [9.17, 15) is 17.2 Å². The van der Waals surface area contributed by atoms with E-state index in [-0.39, 0.29) is 4.90 Å². The van der Waals surface area contributed by atoms with Gasteiger partial charge in [0.05, 0.1) is 11.4 Å². The molecule has 0 atom stereocenters. The minimum absolute atomic E-state index is 0.102. The van der Waals surface area contributed by atoms with Crippen molar-refractivity contribution in [2.75, 3.05) is 18.9 Å². The summed E-state index contributed by atoms with van der Waals surface area (Å²) in [5.41, 5.74) is 7.55. The van der Waals surface area contributed by atoms with Gasteiger partial charge in [0.1, 0.15) is 6.61 Å². The van der Waals surface area contributed by atoms with Crippen LogP contribution < -0.4 is 10.5 Å². The van der Waals surface area contributed by atoms with E-state index in [1.54, 1.807) is 24.6 Å². The highest BCUT2D eigenvalue weighted by atomic mass is 32.2. The van der Waals surface area contributed by atoms with Gasteiger partial charge < -0.3 is 10.8 Å². The van der Waals surface area contributed by atoms with E-state index < -0.39 is 29.1 Å². The summed E-state index contributed by atoms with van der Waals surface area (Å²) in [6.45, 7) is 2.23. The molecule has 1 aromatic carbocycles. The van der Waals surface area contributed by atoms with Crippen LogP contribution in [0.15, 0.2) is 11.0 Å². The summed E-state index contributed by atoms with van der Waals surface area (Å²) >= 11 is 0. The summed E-state index contributed by atoms with van der Waals surface area (Å²) in [7, 11) is -4.13. The number of benzene rings is 1. The Morgan fingerprint density at radius 2 is 1.85 bits per heavy atom. The first-order valence-corrected chi connectivity index (χ1v) is 7.35. The van der Waals surface area contributed by atoms with Crippen molar-refractivity contribution in [1.29, 1.82) is 0 Å². The minimum Gasteiger partial charge on any atom is -0.398 e. The zero-order valence-electron chi connectivity index (χ0n) is 11.5. The van der Waals surface area contributed by atoms with Crippen molar-refractivity contribution in [1.82, 2.24) is 4.72 Å². The molecule has 0 aliphatic rings. The van der Waals surface area contributed by atoms with Gasteiger partial charge in [0.15, 0.2) is 0 Å². The van der Waals surface area contributed by atoms with E-state index in [1.165, 1.54) is 6.92 Å². The largest absolute Gasteiger partial charge is 0.398 e. The highest BCUT2D eigenvalue weighted by Crippen LogP contribution is 2.28. The number of alkyl halides is 2. The van der Waals surface area contributed by atoms with E-state index >= 15 is 0 Å². The van der Waals surface area contributed by atoms with Gasteiger partial charge in [0.25, 0.3) is 5.92 Å². The summed E-state index contributed by atoms with van der Waals surface area (Å²) in [5, 5.41) is 8.45. The van der Waals surface area contributed by atoms with Gasteiger partial charge in [-0.15, -0.1) is 0 Å². The molecule has 114 valence electrons. The SMILES string of the molecule is Cc1cc(C)c(S(=O)(=O)NCC(F)(F)CO)c(C)c1N. The maximum atomic E-state index is 12.9. The average molecular weight is 308 g/mol. The first-order valence-electron chi connectivity index (χ1n) is 5.86. The first-order chi connectivity index (χ1) is 9.02. The van der Waals surface area contributed by atoms with Gasteiger partial charge in [-0.3, -0.25) is 0 Å². The minimum atomic E-state index is -4.13. The van der Waals surface area contributed by atoms with Crippen molar-refractivity contribution in [3.05, 3.63) is 22.8 Å². The van der Waals surface area contributed by atoms with Crippen LogP contribution in [0, 0.1) is 20.8 Å². The fourth-order valence-corrected chi connectivity index (χ4v) is 3.47. The van der Waals surface area contributed by atoms with Crippen LogP contribution in [0.2, 0.25) is 0 Å². The second-order valence-electron chi connectivity index (χ2n) is 4.72. The lowest BCUT2D eigenvalue weighted by Crippen LogP contribution is -2.39. The Labute approximate surface area is 116 Å². The Bertz CT molecular complexity index is 616. The number of nitrogens with one attached hydrogen (secondary N) is 1. The number of hydrogen-bond donors (Lipinski definition) is 3. The summed E-state index contributed by atoms with van der Waals surface area (Å²) in [6, 6.07) is 1.58. The van der Waals surface area contributed by atoms with Crippen LogP contribution >= 0.6 is 0 Å². The highest BCUT2D eigenvalue weighted by molar-refractivity contribution is 7.89. The smallest absolute Gasteiger partial charge is 0.283 e. The molecule has 0 radical (unpaired) electrons. The molecule has 0 aromatic heterocycles. The molecule has 20 heavy (non-hydrogen) atoms. The summed E-state index contributed by atoms with van der Waals surface area (Å²) in [5.74, 6) is -3.51. The predicted octanol–water partition coefficient (Wildman–Crippen LogP) is 1.10. The molecule has 0 fully saturated rings. The predicted molar refractivity (Wildman–Crippen MR) is 72.3 cm³/mol. The second-order valence-corrected chi connectivity index (χ2v) is 6.42. The molecule has 1 aromatic rings. The molecule has 0 amide bonds. The molecule has 4 N–H and O–H groups in total. The van der Waals surface area contributed by atoms with Gasteiger partial charge in [-0.1, -0.05) is 6.07 Å². The van der Waals surface area contributed by atoms with Crippen molar-refractivity contribution in [2.45, 2.75) is 31.6 Å². The summed E-state index contributed by atoms with van der Waals surface area (Å²) < 4.78 is 51.9. The molecule has 0 aliphatic carbocycles. The van der Waals surface area contributed by atoms with E-state index in [4.69, 9.17) is 10.8 Å². The van der Waals surface area contributed by atoms with Crippen molar-refractivity contribution < 1.29 is 22.3 Å². The topological polar surface area (TPSA) is 92.4 Å². The molecular formula is C12H18F2N2O3S. The maximum absolute atomic E-state index is 12.9. The van der Waals surface area contributed by atoms with Crippen LogP contribution in [0.25, 0.3) is 0 Å². The molecule has 0 spiro atoms.